The number of anilines is 2. The van der Waals surface area contributed by atoms with Crippen LogP contribution < -0.4 is 9.80 Å². The summed E-state index contributed by atoms with van der Waals surface area (Å²) in [6.45, 7) is 1.49. The maximum atomic E-state index is 14.5. The maximum absolute atomic E-state index is 14.5. The monoisotopic (exact) mass is 419 g/mol. The first-order chi connectivity index (χ1) is 15.2. The van der Waals surface area contributed by atoms with Crippen molar-refractivity contribution in [1.29, 1.82) is 0 Å². The van der Waals surface area contributed by atoms with Gasteiger partial charge >= 0.3 is 0 Å². The molecular weight excluding hydrogens is 397 g/mol. The molecule has 0 atom stereocenters. The van der Waals surface area contributed by atoms with Gasteiger partial charge in [-0.15, -0.1) is 0 Å². The molecule has 0 N–H and O–H groups in total. The molecule has 0 spiro atoms. The molecule has 4 aromatic rings. The molecule has 158 valence electrons. The van der Waals surface area contributed by atoms with Crippen molar-refractivity contribution >= 4 is 28.7 Å². The fraction of sp³-hybridized carbons (Fsp3) is 0.250. The van der Waals surface area contributed by atoms with E-state index in [0.29, 0.717) is 37.7 Å². The predicted octanol–water partition coefficient (Wildman–Crippen LogP) is 5.01. The number of aromatic nitrogens is 1. The van der Waals surface area contributed by atoms with Gasteiger partial charge in [0.2, 0.25) is 5.91 Å². The Bertz CT molecular complexity index is 1150. The van der Waals surface area contributed by atoms with Gasteiger partial charge in [0.15, 0.2) is 5.58 Å². The number of furan rings is 1. The fourth-order valence-corrected chi connectivity index (χ4v) is 4.04. The number of piperidine rings is 1. The van der Waals surface area contributed by atoms with Gasteiger partial charge < -0.3 is 18.6 Å². The number of hydrogen-bond acceptors (Lipinski definition) is 5. The number of carbonyl (C=O) groups is 1. The molecule has 0 radical (unpaired) electrons. The summed E-state index contributed by atoms with van der Waals surface area (Å²) in [6, 6.07) is 18.1. The highest BCUT2D eigenvalue weighted by Crippen LogP contribution is 2.30. The minimum Gasteiger partial charge on any atom is -0.467 e. The number of fused-ring (bicyclic) bond motifs is 1. The van der Waals surface area contributed by atoms with Crippen molar-refractivity contribution in [3.05, 3.63) is 78.5 Å². The summed E-state index contributed by atoms with van der Waals surface area (Å²) in [5.74, 6) is -0.124. The Balaban J connectivity index is 1.32. The van der Waals surface area contributed by atoms with E-state index in [1.54, 1.807) is 36.6 Å². The number of oxazole rings is 1. The lowest BCUT2D eigenvalue weighted by molar-refractivity contribution is -0.123. The van der Waals surface area contributed by atoms with E-state index < -0.39 is 5.82 Å². The van der Waals surface area contributed by atoms with Crippen molar-refractivity contribution in [3.63, 3.8) is 0 Å². The number of para-hydroxylation sites is 3. The van der Waals surface area contributed by atoms with Crippen LogP contribution in [0.4, 0.5) is 16.1 Å². The van der Waals surface area contributed by atoms with Crippen LogP contribution in [0.15, 0.2) is 75.8 Å². The number of hydrogen-bond donors (Lipinski definition) is 0. The Kier molecular flexibility index (Phi) is 5.16. The topological polar surface area (TPSA) is 62.7 Å². The van der Waals surface area contributed by atoms with E-state index >= 15 is 0 Å². The molecule has 6 nitrogen and oxygen atoms in total. The van der Waals surface area contributed by atoms with Crippen molar-refractivity contribution in [2.45, 2.75) is 19.4 Å². The zero-order valence-electron chi connectivity index (χ0n) is 16.9. The molecule has 0 saturated carbocycles. The van der Waals surface area contributed by atoms with Crippen LogP contribution in [-0.4, -0.2) is 24.0 Å². The van der Waals surface area contributed by atoms with E-state index in [4.69, 9.17) is 8.83 Å². The van der Waals surface area contributed by atoms with E-state index in [1.165, 1.54) is 11.0 Å². The van der Waals surface area contributed by atoms with Gasteiger partial charge in [0.1, 0.15) is 17.1 Å². The minimum absolute atomic E-state index is 0.0984. The highest BCUT2D eigenvalue weighted by Gasteiger charge is 2.32. The lowest BCUT2D eigenvalue weighted by Crippen LogP contribution is -2.43. The Labute approximate surface area is 178 Å². The molecule has 1 fully saturated rings. The molecule has 31 heavy (non-hydrogen) atoms. The number of nitrogens with zero attached hydrogens (tertiary/aromatic N) is 3. The lowest BCUT2D eigenvalue weighted by atomic mass is 9.95. The first-order valence-electron chi connectivity index (χ1n) is 10.4. The zero-order chi connectivity index (χ0) is 21.2. The summed E-state index contributed by atoms with van der Waals surface area (Å²) < 4.78 is 25.8. The van der Waals surface area contributed by atoms with E-state index in [1.807, 2.05) is 24.3 Å². The van der Waals surface area contributed by atoms with Crippen LogP contribution in [0.3, 0.4) is 0 Å². The van der Waals surface area contributed by atoms with Gasteiger partial charge in [-0.25, -0.2) is 4.39 Å². The van der Waals surface area contributed by atoms with Crippen LogP contribution in [0.25, 0.3) is 11.1 Å². The summed E-state index contributed by atoms with van der Waals surface area (Å²) in [5, 5.41) is 0. The van der Waals surface area contributed by atoms with Crippen LogP contribution >= 0.6 is 0 Å². The minimum atomic E-state index is -0.425. The van der Waals surface area contributed by atoms with Gasteiger partial charge in [0, 0.05) is 19.0 Å². The Morgan fingerprint density at radius 3 is 2.58 bits per heavy atom. The maximum Gasteiger partial charge on any atom is 0.298 e. The van der Waals surface area contributed by atoms with Crippen LogP contribution in [-0.2, 0) is 11.3 Å². The highest BCUT2D eigenvalue weighted by molar-refractivity contribution is 5.95. The Morgan fingerprint density at radius 1 is 1.06 bits per heavy atom. The van der Waals surface area contributed by atoms with Crippen molar-refractivity contribution in [2.75, 3.05) is 22.9 Å². The van der Waals surface area contributed by atoms with E-state index in [9.17, 15) is 9.18 Å². The smallest absolute Gasteiger partial charge is 0.298 e. The third kappa shape index (κ3) is 3.91. The number of benzene rings is 2. The normalized spacial score (nSPS) is 14.8. The summed E-state index contributed by atoms with van der Waals surface area (Å²) in [5.41, 5.74) is 1.84. The third-order valence-corrected chi connectivity index (χ3v) is 5.70. The van der Waals surface area contributed by atoms with Gasteiger partial charge in [-0.2, -0.15) is 4.98 Å². The summed E-state index contributed by atoms with van der Waals surface area (Å²) >= 11 is 0. The molecule has 0 bridgehead atoms. The standard InChI is InChI=1S/C24H22FN3O3/c25-19-7-1-3-9-21(19)28(16-18-6-5-15-30-18)23(29)17-11-13-27(14-12-17)24-26-20-8-2-4-10-22(20)31-24/h1-10,15,17H,11-14,16H2. The molecule has 2 aromatic heterocycles. The van der Waals surface area contributed by atoms with E-state index in [0.717, 1.165) is 11.1 Å². The van der Waals surface area contributed by atoms with Gasteiger partial charge in [0.25, 0.3) is 6.01 Å². The molecule has 3 heterocycles. The molecular formula is C24H22FN3O3. The van der Waals surface area contributed by atoms with Crippen LogP contribution in [0.2, 0.25) is 0 Å². The summed E-state index contributed by atoms with van der Waals surface area (Å²) in [6.07, 6.45) is 2.83. The predicted molar refractivity (Wildman–Crippen MR) is 115 cm³/mol. The summed E-state index contributed by atoms with van der Waals surface area (Å²) in [7, 11) is 0. The van der Waals surface area contributed by atoms with E-state index in [2.05, 4.69) is 9.88 Å². The SMILES string of the molecule is O=C(C1CCN(c2nc3ccccc3o2)CC1)N(Cc1ccco1)c1ccccc1F. The molecule has 1 aliphatic heterocycles. The van der Waals surface area contributed by atoms with Gasteiger partial charge in [-0.1, -0.05) is 24.3 Å². The zero-order valence-corrected chi connectivity index (χ0v) is 16.9. The van der Waals surface area contributed by atoms with Crippen LogP contribution in [0.5, 0.6) is 0 Å². The first-order valence-corrected chi connectivity index (χ1v) is 10.4. The quantitative estimate of drug-likeness (QED) is 0.455. The highest BCUT2D eigenvalue weighted by atomic mass is 19.1. The number of rotatable bonds is 5. The average molecular weight is 419 g/mol. The Hall–Kier alpha value is -3.61. The molecule has 1 amide bonds. The molecule has 0 unspecified atom stereocenters. The van der Waals surface area contributed by atoms with Gasteiger partial charge in [-0.3, -0.25) is 4.79 Å². The molecule has 0 aliphatic carbocycles. The number of amides is 1. The van der Waals surface area contributed by atoms with Crippen molar-refractivity contribution in [1.82, 2.24) is 4.98 Å². The second kappa shape index (κ2) is 8.26. The molecule has 1 saturated heterocycles. The third-order valence-electron chi connectivity index (χ3n) is 5.70. The first kappa shape index (κ1) is 19.4. The van der Waals surface area contributed by atoms with Crippen molar-refractivity contribution in [3.8, 4) is 0 Å². The number of carbonyl (C=O) groups excluding carboxylic acids is 1. The molecule has 5 rings (SSSR count). The summed E-state index contributed by atoms with van der Waals surface area (Å²) in [4.78, 5) is 21.5. The van der Waals surface area contributed by atoms with Crippen LogP contribution in [0, 0.1) is 11.7 Å². The number of halogens is 1. The fourth-order valence-electron chi connectivity index (χ4n) is 4.04. The van der Waals surface area contributed by atoms with E-state index in [-0.39, 0.29) is 24.1 Å². The average Bonchev–Trinajstić information content (AvgIpc) is 3.47. The Morgan fingerprint density at radius 2 is 1.84 bits per heavy atom. The molecule has 2 aromatic carbocycles. The largest absolute Gasteiger partial charge is 0.467 e. The van der Waals surface area contributed by atoms with Gasteiger partial charge in [-0.05, 0) is 49.2 Å². The van der Waals surface area contributed by atoms with Crippen molar-refractivity contribution in [2.24, 2.45) is 5.92 Å². The molecule has 7 heteroatoms. The molecule has 1 aliphatic rings. The van der Waals surface area contributed by atoms with Crippen molar-refractivity contribution < 1.29 is 18.0 Å². The second-order valence-electron chi connectivity index (χ2n) is 7.68. The lowest BCUT2D eigenvalue weighted by Gasteiger charge is -2.33. The van der Waals surface area contributed by atoms with Crippen LogP contribution in [0.1, 0.15) is 18.6 Å². The second-order valence-corrected chi connectivity index (χ2v) is 7.68. The van der Waals surface area contributed by atoms with Gasteiger partial charge in [0.05, 0.1) is 18.5 Å².